The number of amides is 1. The number of halogens is 1. The Labute approximate surface area is 193 Å². The van der Waals surface area contributed by atoms with Crippen molar-refractivity contribution in [2.45, 2.75) is 13.5 Å². The molecule has 1 amide bonds. The summed E-state index contributed by atoms with van der Waals surface area (Å²) in [6.45, 7) is 1.89. The Balaban J connectivity index is 1.48. The van der Waals surface area contributed by atoms with E-state index in [9.17, 15) is 14.9 Å². The maximum Gasteiger partial charge on any atom is 0.312 e. The van der Waals surface area contributed by atoms with Crippen LogP contribution in [0.4, 0.5) is 11.4 Å². The van der Waals surface area contributed by atoms with E-state index in [2.05, 4.69) is 5.32 Å². The smallest absolute Gasteiger partial charge is 0.312 e. The summed E-state index contributed by atoms with van der Waals surface area (Å²) in [5.41, 5.74) is 1.71. The van der Waals surface area contributed by atoms with Gasteiger partial charge in [-0.05, 0) is 61.1 Å². The second kappa shape index (κ2) is 8.81. The minimum Gasteiger partial charge on any atom is -0.479 e. The molecular weight excluding hydrogens is 454 g/mol. The molecule has 2 heterocycles. The lowest BCUT2D eigenvalue weighted by molar-refractivity contribution is -0.385. The van der Waals surface area contributed by atoms with Gasteiger partial charge in [-0.25, -0.2) is 0 Å². The molecule has 1 aliphatic heterocycles. The molecule has 162 valence electrons. The SMILES string of the molecule is Cc1cccc(N2C(=O)/C(=C\c3ccc(COc4ccc(Cl)cc4[N+](=O)[O-])o3)NC2=S)c1. The van der Waals surface area contributed by atoms with E-state index in [-0.39, 0.29) is 39.8 Å². The summed E-state index contributed by atoms with van der Waals surface area (Å²) in [5, 5.41) is 14.6. The molecule has 1 aliphatic rings. The minimum absolute atomic E-state index is 0.0408. The maximum absolute atomic E-state index is 12.8. The number of ether oxygens (including phenoxy) is 1. The summed E-state index contributed by atoms with van der Waals surface area (Å²) in [7, 11) is 0. The van der Waals surface area contributed by atoms with Crippen LogP contribution in [0.1, 0.15) is 17.1 Å². The largest absolute Gasteiger partial charge is 0.479 e. The van der Waals surface area contributed by atoms with Crippen molar-refractivity contribution in [3.05, 3.63) is 92.5 Å². The predicted octanol–water partition coefficient (Wildman–Crippen LogP) is 4.99. The summed E-state index contributed by atoms with van der Waals surface area (Å²) in [4.78, 5) is 24.9. The fourth-order valence-electron chi connectivity index (χ4n) is 3.13. The molecule has 0 radical (unpaired) electrons. The average molecular weight is 470 g/mol. The standard InChI is InChI=1S/C22H16ClN3O5S/c1-13-3-2-4-15(9-13)25-21(27)18(24-22(25)32)11-16-6-7-17(31-16)12-30-20-8-5-14(23)10-19(20)26(28)29/h2-11H,12H2,1H3,(H,24,32)/b18-11+. The zero-order valence-corrected chi connectivity index (χ0v) is 18.3. The van der Waals surface area contributed by atoms with Gasteiger partial charge in [0, 0.05) is 17.2 Å². The van der Waals surface area contributed by atoms with Crippen molar-refractivity contribution < 1.29 is 18.9 Å². The van der Waals surface area contributed by atoms with E-state index in [1.54, 1.807) is 24.3 Å². The van der Waals surface area contributed by atoms with E-state index in [1.807, 2.05) is 25.1 Å². The number of nitrogens with zero attached hydrogens (tertiary/aromatic N) is 2. The first-order valence-electron chi connectivity index (χ1n) is 9.41. The topological polar surface area (TPSA) is 97.9 Å². The van der Waals surface area contributed by atoms with Crippen LogP contribution in [0.5, 0.6) is 5.75 Å². The Morgan fingerprint density at radius 1 is 1.25 bits per heavy atom. The third-order valence-electron chi connectivity index (χ3n) is 4.59. The molecule has 4 rings (SSSR count). The van der Waals surface area contributed by atoms with Crippen molar-refractivity contribution in [1.29, 1.82) is 0 Å². The first-order valence-corrected chi connectivity index (χ1v) is 10.2. The molecule has 1 fully saturated rings. The van der Waals surface area contributed by atoms with Crippen LogP contribution in [-0.4, -0.2) is 15.9 Å². The van der Waals surface area contributed by atoms with Crippen LogP contribution in [0.25, 0.3) is 6.08 Å². The molecule has 2 aromatic carbocycles. The fraction of sp³-hybridized carbons (Fsp3) is 0.0909. The number of nitro groups is 1. The van der Waals surface area contributed by atoms with E-state index in [0.29, 0.717) is 17.2 Å². The van der Waals surface area contributed by atoms with Gasteiger partial charge in [-0.3, -0.25) is 19.8 Å². The molecule has 0 spiro atoms. The number of benzene rings is 2. The number of furan rings is 1. The summed E-state index contributed by atoms with van der Waals surface area (Å²) in [6.07, 6.45) is 1.54. The zero-order chi connectivity index (χ0) is 22.8. The van der Waals surface area contributed by atoms with Crippen LogP contribution >= 0.6 is 23.8 Å². The van der Waals surface area contributed by atoms with Crippen molar-refractivity contribution in [2.24, 2.45) is 0 Å². The second-order valence-electron chi connectivity index (χ2n) is 6.93. The lowest BCUT2D eigenvalue weighted by Gasteiger charge is -2.14. The summed E-state index contributed by atoms with van der Waals surface area (Å²) in [6, 6.07) is 14.9. The number of thiocarbonyl (C=S) groups is 1. The molecule has 1 aromatic heterocycles. The normalized spacial score (nSPS) is 14.7. The molecule has 1 saturated heterocycles. The van der Waals surface area contributed by atoms with Crippen LogP contribution in [0.2, 0.25) is 5.02 Å². The molecule has 0 atom stereocenters. The van der Waals surface area contributed by atoms with E-state index in [1.165, 1.54) is 23.1 Å². The third kappa shape index (κ3) is 4.48. The highest BCUT2D eigenvalue weighted by Gasteiger charge is 2.32. The van der Waals surface area contributed by atoms with Gasteiger partial charge in [0.25, 0.3) is 5.91 Å². The molecule has 3 aromatic rings. The summed E-state index contributed by atoms with van der Waals surface area (Å²) in [5.74, 6) is 0.595. The van der Waals surface area contributed by atoms with Crippen molar-refractivity contribution in [1.82, 2.24) is 5.32 Å². The highest BCUT2D eigenvalue weighted by molar-refractivity contribution is 7.80. The number of carbonyl (C=O) groups is 1. The van der Waals surface area contributed by atoms with Crippen LogP contribution in [0.3, 0.4) is 0 Å². The Morgan fingerprint density at radius 2 is 2.06 bits per heavy atom. The van der Waals surface area contributed by atoms with E-state index < -0.39 is 4.92 Å². The summed E-state index contributed by atoms with van der Waals surface area (Å²) >= 11 is 11.1. The zero-order valence-electron chi connectivity index (χ0n) is 16.7. The molecule has 0 saturated carbocycles. The van der Waals surface area contributed by atoms with Gasteiger partial charge in [0.2, 0.25) is 0 Å². The monoisotopic (exact) mass is 469 g/mol. The molecule has 1 N–H and O–H groups in total. The third-order valence-corrected chi connectivity index (χ3v) is 5.11. The minimum atomic E-state index is -0.570. The number of rotatable bonds is 6. The lowest BCUT2D eigenvalue weighted by atomic mass is 10.2. The van der Waals surface area contributed by atoms with Gasteiger partial charge in [-0.15, -0.1) is 0 Å². The molecular formula is C22H16ClN3O5S. The van der Waals surface area contributed by atoms with Gasteiger partial charge >= 0.3 is 5.69 Å². The fourth-order valence-corrected chi connectivity index (χ4v) is 3.60. The highest BCUT2D eigenvalue weighted by atomic mass is 35.5. The summed E-state index contributed by atoms with van der Waals surface area (Å²) < 4.78 is 11.2. The Bertz CT molecular complexity index is 1270. The number of anilines is 1. The number of nitro benzene ring substituents is 1. The quantitative estimate of drug-likeness (QED) is 0.235. The Morgan fingerprint density at radius 3 is 2.81 bits per heavy atom. The molecule has 32 heavy (non-hydrogen) atoms. The molecule has 0 unspecified atom stereocenters. The van der Waals surface area contributed by atoms with Crippen LogP contribution in [0, 0.1) is 17.0 Å². The number of hydrogen-bond donors (Lipinski definition) is 1. The van der Waals surface area contributed by atoms with Gasteiger partial charge in [-0.2, -0.15) is 0 Å². The Hall–Kier alpha value is -3.69. The highest BCUT2D eigenvalue weighted by Crippen LogP contribution is 2.31. The van der Waals surface area contributed by atoms with Crippen LogP contribution in [0.15, 0.2) is 64.7 Å². The van der Waals surface area contributed by atoms with Crippen molar-refractivity contribution in [2.75, 3.05) is 4.90 Å². The molecule has 0 aliphatic carbocycles. The lowest BCUT2D eigenvalue weighted by Crippen LogP contribution is -2.30. The second-order valence-corrected chi connectivity index (χ2v) is 7.75. The maximum atomic E-state index is 12.8. The molecule has 10 heteroatoms. The number of carbonyl (C=O) groups excluding carboxylic acids is 1. The molecule has 8 nitrogen and oxygen atoms in total. The Kier molecular flexibility index (Phi) is 5.93. The number of nitrogens with one attached hydrogen (secondary N) is 1. The first kappa shape index (κ1) is 21.5. The first-order chi connectivity index (χ1) is 15.3. The van der Waals surface area contributed by atoms with E-state index in [0.717, 1.165) is 5.56 Å². The van der Waals surface area contributed by atoms with Gasteiger partial charge in [0.15, 0.2) is 10.9 Å². The van der Waals surface area contributed by atoms with Gasteiger partial charge in [0.1, 0.15) is 23.8 Å². The van der Waals surface area contributed by atoms with Crippen LogP contribution < -0.4 is 15.0 Å². The van der Waals surface area contributed by atoms with Crippen molar-refractivity contribution in [3.8, 4) is 5.75 Å². The van der Waals surface area contributed by atoms with Gasteiger partial charge < -0.3 is 14.5 Å². The predicted molar refractivity (Wildman–Crippen MR) is 124 cm³/mol. The van der Waals surface area contributed by atoms with Gasteiger partial charge in [-0.1, -0.05) is 23.7 Å². The van der Waals surface area contributed by atoms with Crippen LogP contribution in [-0.2, 0) is 11.4 Å². The van der Waals surface area contributed by atoms with Crippen molar-refractivity contribution >= 4 is 52.3 Å². The molecule has 0 bridgehead atoms. The van der Waals surface area contributed by atoms with E-state index >= 15 is 0 Å². The number of aryl methyl sites for hydroxylation is 1. The van der Waals surface area contributed by atoms with E-state index in [4.69, 9.17) is 33.0 Å². The number of hydrogen-bond acceptors (Lipinski definition) is 6. The average Bonchev–Trinajstić information content (AvgIpc) is 3.30. The van der Waals surface area contributed by atoms with Gasteiger partial charge in [0.05, 0.1) is 10.6 Å². The van der Waals surface area contributed by atoms with Crippen molar-refractivity contribution in [3.63, 3.8) is 0 Å².